The first kappa shape index (κ1) is 25.9. The number of hydrogen-bond donors (Lipinski definition) is 2. The molecule has 0 saturated carbocycles. The molecule has 0 saturated heterocycles. The van der Waals surface area contributed by atoms with Gasteiger partial charge < -0.3 is 10.5 Å². The number of hydrazone groups is 1. The van der Waals surface area contributed by atoms with Crippen molar-refractivity contribution in [1.82, 2.24) is 15.6 Å². The van der Waals surface area contributed by atoms with E-state index < -0.39 is 5.91 Å². The first-order chi connectivity index (χ1) is 20.2. The van der Waals surface area contributed by atoms with E-state index in [4.69, 9.17) is 10.5 Å². The number of thiophene rings is 1. The van der Waals surface area contributed by atoms with Crippen LogP contribution in [0.3, 0.4) is 0 Å². The third-order valence-corrected chi connectivity index (χ3v) is 7.57. The fourth-order valence-electron chi connectivity index (χ4n) is 4.47. The average molecular weight is 556 g/mol. The molecule has 8 heteroatoms. The number of fused-ring (bicyclic) bond motifs is 1. The maximum atomic E-state index is 13.1. The number of nitrogens with one attached hydrogen (secondary N) is 1. The van der Waals surface area contributed by atoms with E-state index in [1.165, 1.54) is 11.3 Å². The molecule has 200 valence electrons. The summed E-state index contributed by atoms with van der Waals surface area (Å²) in [5.74, 6) is 0.336. The quantitative estimate of drug-likeness (QED) is 0.156. The van der Waals surface area contributed by atoms with Gasteiger partial charge in [0.15, 0.2) is 0 Å². The Kier molecular flexibility index (Phi) is 7.46. The zero-order valence-electron chi connectivity index (χ0n) is 21.9. The van der Waals surface area contributed by atoms with Gasteiger partial charge in [-0.05, 0) is 41.0 Å². The number of anilines is 1. The summed E-state index contributed by atoms with van der Waals surface area (Å²) >= 11 is 1.20. The van der Waals surface area contributed by atoms with E-state index in [1.54, 1.807) is 6.21 Å². The minimum absolute atomic E-state index is 0.332. The number of nitrogen functional groups attached to an aromatic ring is 1. The molecular formula is C33H25N5O2S. The van der Waals surface area contributed by atoms with Crippen LogP contribution in [-0.4, -0.2) is 22.3 Å². The number of amides is 1. The Morgan fingerprint density at radius 1 is 0.829 bits per heavy atom. The van der Waals surface area contributed by atoms with Gasteiger partial charge in [-0.15, -0.1) is 21.5 Å². The Bertz CT molecular complexity index is 1820. The zero-order valence-corrected chi connectivity index (χ0v) is 22.7. The highest BCUT2D eigenvalue weighted by Crippen LogP contribution is 2.42. The third-order valence-electron chi connectivity index (χ3n) is 6.48. The van der Waals surface area contributed by atoms with Crippen molar-refractivity contribution in [2.75, 3.05) is 5.73 Å². The van der Waals surface area contributed by atoms with E-state index in [2.05, 4.69) is 20.7 Å². The van der Waals surface area contributed by atoms with Gasteiger partial charge in [-0.3, -0.25) is 4.79 Å². The summed E-state index contributed by atoms with van der Waals surface area (Å²) in [6.45, 7) is 0.490. The second kappa shape index (κ2) is 11.8. The van der Waals surface area contributed by atoms with Crippen molar-refractivity contribution in [2.24, 2.45) is 5.10 Å². The number of aromatic nitrogens is 2. The van der Waals surface area contributed by atoms with Crippen LogP contribution >= 0.6 is 11.3 Å². The molecule has 6 rings (SSSR count). The fourth-order valence-corrected chi connectivity index (χ4v) is 5.41. The van der Waals surface area contributed by atoms with Crippen molar-refractivity contribution in [3.63, 3.8) is 0 Å². The molecule has 6 aromatic rings. The normalized spacial score (nSPS) is 11.1. The van der Waals surface area contributed by atoms with Gasteiger partial charge in [-0.25, -0.2) is 5.43 Å². The van der Waals surface area contributed by atoms with Crippen LogP contribution in [0.2, 0.25) is 0 Å². The molecule has 0 fully saturated rings. The molecule has 0 radical (unpaired) electrons. The first-order valence-corrected chi connectivity index (χ1v) is 13.8. The van der Waals surface area contributed by atoms with Gasteiger partial charge in [-0.2, -0.15) is 5.10 Å². The maximum absolute atomic E-state index is 13.1. The highest BCUT2D eigenvalue weighted by molar-refractivity contribution is 7.21. The molecule has 1 amide bonds. The monoisotopic (exact) mass is 555 g/mol. The molecule has 3 N–H and O–H groups in total. The predicted octanol–water partition coefficient (Wildman–Crippen LogP) is 6.95. The van der Waals surface area contributed by atoms with Crippen molar-refractivity contribution in [2.45, 2.75) is 6.61 Å². The van der Waals surface area contributed by atoms with Crippen LogP contribution < -0.4 is 15.9 Å². The highest BCUT2D eigenvalue weighted by atomic mass is 32.1. The van der Waals surface area contributed by atoms with E-state index in [9.17, 15) is 4.79 Å². The Balaban J connectivity index is 1.22. The zero-order chi connectivity index (χ0) is 28.0. The van der Waals surface area contributed by atoms with Crippen LogP contribution in [0.1, 0.15) is 20.8 Å². The summed E-state index contributed by atoms with van der Waals surface area (Å²) in [4.78, 5) is 14.1. The Labute approximate surface area is 241 Å². The number of ether oxygens (including phenoxy) is 1. The highest BCUT2D eigenvalue weighted by Gasteiger charge is 2.23. The number of hydrogen-bond acceptors (Lipinski definition) is 7. The molecule has 7 nitrogen and oxygen atoms in total. The van der Waals surface area contributed by atoms with Crippen LogP contribution in [0.4, 0.5) is 5.69 Å². The molecule has 0 aliphatic rings. The summed E-state index contributed by atoms with van der Waals surface area (Å²) in [6.07, 6.45) is 1.57. The van der Waals surface area contributed by atoms with Gasteiger partial charge in [0, 0.05) is 16.5 Å². The summed E-state index contributed by atoms with van der Waals surface area (Å²) in [5, 5.41) is 13.8. The van der Waals surface area contributed by atoms with Crippen LogP contribution in [-0.2, 0) is 6.61 Å². The lowest BCUT2D eigenvalue weighted by Gasteiger charge is -2.11. The summed E-state index contributed by atoms with van der Waals surface area (Å²) in [5.41, 5.74) is 14.9. The topological polar surface area (TPSA) is 102 Å². The molecule has 0 aliphatic carbocycles. The molecule has 0 spiro atoms. The molecule has 2 aromatic heterocycles. The first-order valence-electron chi connectivity index (χ1n) is 13.0. The summed E-state index contributed by atoms with van der Waals surface area (Å²) < 4.78 is 5.83. The van der Waals surface area contributed by atoms with E-state index in [1.807, 2.05) is 115 Å². The van der Waals surface area contributed by atoms with Crippen molar-refractivity contribution in [3.8, 4) is 28.1 Å². The molecule has 4 aromatic carbocycles. The minimum atomic E-state index is -0.412. The number of carbonyl (C=O) groups is 1. The van der Waals surface area contributed by atoms with Gasteiger partial charge in [0.2, 0.25) is 0 Å². The van der Waals surface area contributed by atoms with E-state index in [0.717, 1.165) is 33.6 Å². The van der Waals surface area contributed by atoms with Gasteiger partial charge in [0.25, 0.3) is 5.91 Å². The summed E-state index contributed by atoms with van der Waals surface area (Å²) in [7, 11) is 0. The maximum Gasteiger partial charge on any atom is 0.283 e. The van der Waals surface area contributed by atoms with Crippen molar-refractivity contribution in [1.29, 1.82) is 0 Å². The molecule has 0 aliphatic heterocycles. The number of benzene rings is 4. The molecule has 0 bridgehead atoms. The second-order valence-corrected chi connectivity index (χ2v) is 10.2. The van der Waals surface area contributed by atoms with Crippen LogP contribution in [0.25, 0.3) is 32.6 Å². The predicted molar refractivity (Wildman–Crippen MR) is 165 cm³/mol. The minimum Gasteiger partial charge on any atom is -0.489 e. The van der Waals surface area contributed by atoms with Crippen molar-refractivity contribution in [3.05, 3.63) is 131 Å². The lowest BCUT2D eigenvalue weighted by Crippen LogP contribution is -2.17. The van der Waals surface area contributed by atoms with Gasteiger partial charge in [0.05, 0.1) is 11.9 Å². The molecule has 2 heterocycles. The third kappa shape index (κ3) is 5.68. The number of nitrogens with zero attached hydrogens (tertiary/aromatic N) is 3. The fraction of sp³-hybridized carbons (Fsp3) is 0.0303. The van der Waals surface area contributed by atoms with Gasteiger partial charge in [0.1, 0.15) is 27.8 Å². The lowest BCUT2D eigenvalue weighted by molar-refractivity contribution is 0.0960. The smallest absolute Gasteiger partial charge is 0.283 e. The largest absolute Gasteiger partial charge is 0.489 e. The molecular weight excluding hydrogens is 530 g/mol. The van der Waals surface area contributed by atoms with Crippen LogP contribution in [0.15, 0.2) is 120 Å². The van der Waals surface area contributed by atoms with E-state index in [0.29, 0.717) is 33.1 Å². The molecule has 41 heavy (non-hydrogen) atoms. The Morgan fingerprint density at radius 3 is 2.15 bits per heavy atom. The number of carbonyl (C=O) groups excluding carboxylic acids is 1. The van der Waals surface area contributed by atoms with E-state index >= 15 is 0 Å². The number of nitrogens with two attached hydrogens (primary N) is 1. The SMILES string of the molecule is Nc1c(C(=O)NN=Cc2ccc(OCc3ccccc3)cc2)sc2nnc(-c3ccccc3)c(-c3ccccc3)c12. The van der Waals surface area contributed by atoms with Gasteiger partial charge >= 0.3 is 0 Å². The van der Waals surface area contributed by atoms with Crippen LogP contribution in [0, 0.1) is 0 Å². The van der Waals surface area contributed by atoms with Crippen LogP contribution in [0.5, 0.6) is 5.75 Å². The van der Waals surface area contributed by atoms with Crippen molar-refractivity contribution >= 4 is 39.4 Å². The summed E-state index contributed by atoms with van der Waals surface area (Å²) in [6, 6.07) is 37.2. The molecule has 0 atom stereocenters. The second-order valence-electron chi connectivity index (χ2n) is 9.22. The number of rotatable bonds is 8. The molecule has 0 unspecified atom stereocenters. The average Bonchev–Trinajstić information content (AvgIpc) is 3.38. The lowest BCUT2D eigenvalue weighted by atomic mass is 9.96. The Hall–Kier alpha value is -5.34. The van der Waals surface area contributed by atoms with E-state index in [-0.39, 0.29) is 0 Å². The standard InChI is InChI=1S/C33H25N5O2S/c34-29-28-27(24-12-6-2-7-13-24)30(25-14-8-3-9-15-25)36-38-33(28)41-31(29)32(39)37-35-20-22-16-18-26(19-17-22)40-21-23-10-4-1-5-11-23/h1-20H,21,34H2,(H,37,39). The van der Waals surface area contributed by atoms with Gasteiger partial charge in [-0.1, -0.05) is 91.0 Å². The Morgan fingerprint density at radius 2 is 1.46 bits per heavy atom. The van der Waals surface area contributed by atoms with Crippen molar-refractivity contribution < 1.29 is 9.53 Å².